The first-order chi connectivity index (χ1) is 8.28. The Morgan fingerprint density at radius 1 is 1.12 bits per heavy atom. The van der Waals surface area contributed by atoms with Crippen LogP contribution in [-0.4, -0.2) is 19.5 Å². The fourth-order valence-electron chi connectivity index (χ4n) is 2.38. The fraction of sp³-hybridized carbons (Fsp3) is 0.571. The second-order valence-corrected chi connectivity index (χ2v) is 5.15. The molecule has 2 rings (SSSR count). The highest BCUT2D eigenvalue weighted by atomic mass is 32.1. The molecule has 2 nitrogen and oxygen atoms in total. The van der Waals surface area contributed by atoms with Crippen LogP contribution in [0.1, 0.15) is 25.7 Å². The zero-order valence-electron chi connectivity index (χ0n) is 10.3. The first-order valence-corrected chi connectivity index (χ1v) is 6.79. The van der Waals surface area contributed by atoms with Crippen LogP contribution < -0.4 is 9.47 Å². The largest absolute Gasteiger partial charge is 0.497 e. The summed E-state index contributed by atoms with van der Waals surface area (Å²) in [6.07, 6.45) is 5.11. The maximum atomic E-state index is 5.88. The molecule has 0 atom stereocenters. The molecule has 0 bridgehead atoms. The number of benzene rings is 1. The molecule has 0 spiro atoms. The van der Waals surface area contributed by atoms with E-state index in [0.29, 0.717) is 5.41 Å². The van der Waals surface area contributed by atoms with Crippen molar-refractivity contribution in [2.75, 3.05) is 19.5 Å². The van der Waals surface area contributed by atoms with Gasteiger partial charge in [0.05, 0.1) is 13.7 Å². The normalized spacial score (nSPS) is 18.0. The van der Waals surface area contributed by atoms with Crippen molar-refractivity contribution in [3.8, 4) is 11.5 Å². The van der Waals surface area contributed by atoms with E-state index in [1.165, 1.54) is 25.7 Å². The Morgan fingerprint density at radius 2 is 1.71 bits per heavy atom. The molecule has 1 aromatic carbocycles. The van der Waals surface area contributed by atoms with Crippen molar-refractivity contribution in [2.24, 2.45) is 5.41 Å². The number of thiol groups is 1. The van der Waals surface area contributed by atoms with E-state index in [4.69, 9.17) is 9.47 Å². The van der Waals surface area contributed by atoms with Gasteiger partial charge in [0.25, 0.3) is 0 Å². The van der Waals surface area contributed by atoms with Gasteiger partial charge < -0.3 is 9.47 Å². The minimum atomic E-state index is 0.295. The highest BCUT2D eigenvalue weighted by Crippen LogP contribution is 2.39. The molecular formula is C14H20O2S. The third-order valence-electron chi connectivity index (χ3n) is 3.60. The molecule has 0 unspecified atom stereocenters. The molecule has 0 saturated heterocycles. The van der Waals surface area contributed by atoms with Crippen LogP contribution in [0.5, 0.6) is 11.5 Å². The maximum absolute atomic E-state index is 5.88. The van der Waals surface area contributed by atoms with Gasteiger partial charge in [-0.15, -0.1) is 0 Å². The van der Waals surface area contributed by atoms with E-state index >= 15 is 0 Å². The molecule has 0 amide bonds. The van der Waals surface area contributed by atoms with Crippen LogP contribution in [0.25, 0.3) is 0 Å². The van der Waals surface area contributed by atoms with Gasteiger partial charge >= 0.3 is 0 Å². The van der Waals surface area contributed by atoms with Crippen molar-refractivity contribution in [1.82, 2.24) is 0 Å². The Kier molecular flexibility index (Phi) is 4.21. The Labute approximate surface area is 109 Å². The van der Waals surface area contributed by atoms with E-state index in [0.717, 1.165) is 23.9 Å². The molecule has 17 heavy (non-hydrogen) atoms. The molecule has 1 aliphatic rings. The lowest BCUT2D eigenvalue weighted by Crippen LogP contribution is -2.27. The standard InChI is InChI=1S/C14H20O2S/c1-15-12-4-6-13(7-5-12)16-10-14(11-17)8-2-3-9-14/h4-7,17H,2-3,8-11H2,1H3. The first-order valence-electron chi connectivity index (χ1n) is 6.16. The zero-order chi connectivity index (χ0) is 12.1. The van der Waals surface area contributed by atoms with E-state index in [9.17, 15) is 0 Å². The SMILES string of the molecule is COc1ccc(OCC2(CS)CCCC2)cc1. The minimum absolute atomic E-state index is 0.295. The van der Waals surface area contributed by atoms with Gasteiger partial charge in [-0.2, -0.15) is 12.6 Å². The molecule has 0 radical (unpaired) electrons. The molecule has 1 aromatic rings. The maximum Gasteiger partial charge on any atom is 0.119 e. The predicted octanol–water partition coefficient (Wildman–Crippen LogP) is 3.56. The molecule has 1 aliphatic carbocycles. The summed E-state index contributed by atoms with van der Waals surface area (Å²) >= 11 is 4.48. The minimum Gasteiger partial charge on any atom is -0.497 e. The van der Waals surface area contributed by atoms with E-state index in [2.05, 4.69) is 12.6 Å². The lowest BCUT2D eigenvalue weighted by molar-refractivity contribution is 0.173. The summed E-state index contributed by atoms with van der Waals surface area (Å²) in [6.45, 7) is 0.781. The van der Waals surface area contributed by atoms with Gasteiger partial charge in [0.15, 0.2) is 0 Å². The second-order valence-electron chi connectivity index (χ2n) is 4.83. The summed E-state index contributed by atoms with van der Waals surface area (Å²) in [6, 6.07) is 7.77. The number of methoxy groups -OCH3 is 1. The van der Waals surface area contributed by atoms with Crippen molar-refractivity contribution < 1.29 is 9.47 Å². The van der Waals surface area contributed by atoms with Gasteiger partial charge in [-0.3, -0.25) is 0 Å². The van der Waals surface area contributed by atoms with Crippen molar-refractivity contribution in [3.63, 3.8) is 0 Å². The molecule has 94 valence electrons. The van der Waals surface area contributed by atoms with Crippen LogP contribution in [0.2, 0.25) is 0 Å². The van der Waals surface area contributed by atoms with E-state index < -0.39 is 0 Å². The van der Waals surface area contributed by atoms with Crippen LogP contribution in [-0.2, 0) is 0 Å². The molecule has 0 heterocycles. The summed E-state index contributed by atoms with van der Waals surface area (Å²) < 4.78 is 11.0. The molecule has 0 aromatic heterocycles. The highest BCUT2D eigenvalue weighted by molar-refractivity contribution is 7.80. The molecule has 3 heteroatoms. The third-order valence-corrected chi connectivity index (χ3v) is 4.27. The van der Waals surface area contributed by atoms with E-state index in [-0.39, 0.29) is 0 Å². The van der Waals surface area contributed by atoms with Crippen molar-refractivity contribution in [2.45, 2.75) is 25.7 Å². The van der Waals surface area contributed by atoms with Gasteiger partial charge in [0, 0.05) is 5.41 Å². The number of ether oxygens (including phenoxy) is 2. The number of hydrogen-bond acceptors (Lipinski definition) is 3. The summed E-state index contributed by atoms with van der Waals surface area (Å²) in [5.41, 5.74) is 0.295. The van der Waals surface area contributed by atoms with E-state index in [1.807, 2.05) is 24.3 Å². The zero-order valence-corrected chi connectivity index (χ0v) is 11.2. The van der Waals surface area contributed by atoms with Gasteiger partial charge in [-0.1, -0.05) is 12.8 Å². The fourth-order valence-corrected chi connectivity index (χ4v) is 2.79. The summed E-state index contributed by atoms with van der Waals surface area (Å²) in [5, 5.41) is 0. The average molecular weight is 252 g/mol. The van der Waals surface area contributed by atoms with Crippen LogP contribution in [0.3, 0.4) is 0 Å². The Balaban J connectivity index is 1.92. The predicted molar refractivity (Wildman–Crippen MR) is 73.2 cm³/mol. The van der Waals surface area contributed by atoms with Crippen LogP contribution in [0, 0.1) is 5.41 Å². The van der Waals surface area contributed by atoms with Crippen LogP contribution >= 0.6 is 12.6 Å². The summed E-state index contributed by atoms with van der Waals surface area (Å²) in [4.78, 5) is 0. The second kappa shape index (κ2) is 5.67. The summed E-state index contributed by atoms with van der Waals surface area (Å²) in [5.74, 6) is 2.70. The van der Waals surface area contributed by atoms with Crippen molar-refractivity contribution in [3.05, 3.63) is 24.3 Å². The van der Waals surface area contributed by atoms with Gasteiger partial charge in [-0.25, -0.2) is 0 Å². The summed E-state index contributed by atoms with van der Waals surface area (Å²) in [7, 11) is 1.67. The lowest BCUT2D eigenvalue weighted by atomic mass is 9.90. The van der Waals surface area contributed by atoms with Crippen molar-refractivity contribution in [1.29, 1.82) is 0 Å². The molecule has 0 aliphatic heterocycles. The smallest absolute Gasteiger partial charge is 0.119 e. The molecule has 1 fully saturated rings. The average Bonchev–Trinajstić information content (AvgIpc) is 2.86. The topological polar surface area (TPSA) is 18.5 Å². The number of hydrogen-bond donors (Lipinski definition) is 1. The number of rotatable bonds is 5. The Bertz CT molecular complexity index is 342. The van der Waals surface area contributed by atoms with Crippen molar-refractivity contribution >= 4 is 12.6 Å². The van der Waals surface area contributed by atoms with Crippen LogP contribution in [0.15, 0.2) is 24.3 Å². The van der Waals surface area contributed by atoms with E-state index in [1.54, 1.807) is 7.11 Å². The molecular weight excluding hydrogens is 232 g/mol. The lowest BCUT2D eigenvalue weighted by Gasteiger charge is -2.26. The molecule has 0 N–H and O–H groups in total. The van der Waals surface area contributed by atoms with Crippen LogP contribution in [0.4, 0.5) is 0 Å². The Hall–Kier alpha value is -0.830. The Morgan fingerprint density at radius 3 is 2.24 bits per heavy atom. The first kappa shape index (κ1) is 12.6. The quantitative estimate of drug-likeness (QED) is 0.808. The van der Waals surface area contributed by atoms with Gasteiger partial charge in [0.2, 0.25) is 0 Å². The van der Waals surface area contributed by atoms with Gasteiger partial charge in [0.1, 0.15) is 11.5 Å². The highest BCUT2D eigenvalue weighted by Gasteiger charge is 2.33. The van der Waals surface area contributed by atoms with Gasteiger partial charge in [-0.05, 0) is 42.9 Å². The monoisotopic (exact) mass is 252 g/mol. The molecule has 1 saturated carbocycles. The third kappa shape index (κ3) is 3.09.